The number of benzene rings is 1. The van der Waals surface area contributed by atoms with Crippen LogP contribution in [0.5, 0.6) is 0 Å². The van der Waals surface area contributed by atoms with Gasteiger partial charge in [-0.15, -0.1) is 23.2 Å². The predicted molar refractivity (Wildman–Crippen MR) is 68.5 cm³/mol. The van der Waals surface area contributed by atoms with Crippen molar-refractivity contribution >= 4 is 34.1 Å². The number of alkyl halides is 2. The van der Waals surface area contributed by atoms with E-state index in [0.717, 1.165) is 6.42 Å². The van der Waals surface area contributed by atoms with Crippen molar-refractivity contribution in [1.29, 1.82) is 0 Å². The molecule has 0 saturated heterocycles. The van der Waals surface area contributed by atoms with Crippen LogP contribution in [0.4, 0.5) is 0 Å². The second kappa shape index (κ2) is 3.72. The smallest absolute Gasteiger partial charge is 0.261 e. The van der Waals surface area contributed by atoms with Gasteiger partial charge in [-0.25, -0.2) is 4.98 Å². The van der Waals surface area contributed by atoms with Gasteiger partial charge in [0.1, 0.15) is 4.33 Å². The molecule has 3 nitrogen and oxygen atoms in total. The van der Waals surface area contributed by atoms with Crippen molar-refractivity contribution in [1.82, 2.24) is 9.55 Å². The Hall–Kier alpha value is -1.06. The quantitative estimate of drug-likeness (QED) is 0.785. The highest BCUT2D eigenvalue weighted by atomic mass is 35.5. The van der Waals surface area contributed by atoms with Crippen molar-refractivity contribution < 1.29 is 0 Å². The third-order valence-corrected chi connectivity index (χ3v) is 4.03. The van der Waals surface area contributed by atoms with Gasteiger partial charge < -0.3 is 0 Å². The lowest BCUT2D eigenvalue weighted by molar-refractivity contribution is 0.597. The van der Waals surface area contributed by atoms with E-state index in [0.29, 0.717) is 17.4 Å². The summed E-state index contributed by atoms with van der Waals surface area (Å²) in [6.45, 7) is 0.531. The molecule has 0 N–H and O–H groups in total. The molecule has 88 valence electrons. The molecule has 0 radical (unpaired) electrons. The first-order valence-electron chi connectivity index (χ1n) is 5.40. The van der Waals surface area contributed by atoms with Gasteiger partial charge in [-0.05, 0) is 18.6 Å². The number of nitrogens with zero attached hydrogens (tertiary/aromatic N) is 2. The third kappa shape index (κ3) is 1.94. The normalized spacial score (nSPS) is 21.6. The summed E-state index contributed by atoms with van der Waals surface area (Å²) in [5.74, 6) is 0.145. The van der Waals surface area contributed by atoms with Crippen molar-refractivity contribution in [3.63, 3.8) is 0 Å². The first kappa shape index (κ1) is 11.1. The molecule has 1 atom stereocenters. The molecular weight excluding hydrogens is 259 g/mol. The summed E-state index contributed by atoms with van der Waals surface area (Å²) in [7, 11) is 0. The molecule has 1 aliphatic carbocycles. The molecule has 0 amide bonds. The van der Waals surface area contributed by atoms with Crippen LogP contribution in [-0.4, -0.2) is 13.9 Å². The average molecular weight is 269 g/mol. The lowest BCUT2D eigenvalue weighted by Gasteiger charge is -2.06. The zero-order chi connectivity index (χ0) is 12.0. The molecule has 1 aromatic heterocycles. The van der Waals surface area contributed by atoms with Crippen molar-refractivity contribution in [2.24, 2.45) is 5.92 Å². The number of fused-ring (bicyclic) bond motifs is 1. The Labute approximate surface area is 108 Å². The third-order valence-electron chi connectivity index (χ3n) is 3.10. The molecule has 5 heteroatoms. The van der Waals surface area contributed by atoms with Crippen LogP contribution in [0.1, 0.15) is 6.42 Å². The molecule has 0 spiro atoms. The first-order valence-corrected chi connectivity index (χ1v) is 6.15. The molecule has 0 bridgehead atoms. The zero-order valence-electron chi connectivity index (χ0n) is 8.94. The minimum Gasteiger partial charge on any atom is -0.298 e. The minimum atomic E-state index is -0.662. The highest BCUT2D eigenvalue weighted by Gasteiger charge is 2.51. The number of hydrogen-bond donors (Lipinski definition) is 0. The van der Waals surface area contributed by atoms with Crippen molar-refractivity contribution in [3.05, 3.63) is 40.9 Å². The fourth-order valence-electron chi connectivity index (χ4n) is 1.94. The fourth-order valence-corrected chi connectivity index (χ4v) is 2.45. The van der Waals surface area contributed by atoms with E-state index in [1.54, 1.807) is 17.0 Å². The molecule has 1 unspecified atom stereocenters. The lowest BCUT2D eigenvalue weighted by Crippen LogP contribution is -2.22. The molecule has 1 aromatic carbocycles. The topological polar surface area (TPSA) is 34.9 Å². The van der Waals surface area contributed by atoms with E-state index in [4.69, 9.17) is 23.2 Å². The molecule has 1 saturated carbocycles. The molecule has 17 heavy (non-hydrogen) atoms. The number of hydrogen-bond acceptors (Lipinski definition) is 2. The van der Waals surface area contributed by atoms with Crippen LogP contribution in [0.15, 0.2) is 35.4 Å². The largest absolute Gasteiger partial charge is 0.298 e. The Morgan fingerprint density at radius 3 is 2.82 bits per heavy atom. The maximum Gasteiger partial charge on any atom is 0.261 e. The van der Waals surface area contributed by atoms with E-state index in [-0.39, 0.29) is 11.5 Å². The number of para-hydroxylation sites is 1. The van der Waals surface area contributed by atoms with Crippen LogP contribution < -0.4 is 5.56 Å². The SMILES string of the molecule is O=c1c2ccccc2ncn1CC1CC1(Cl)Cl. The molecular formula is C12H10Cl2N2O. The van der Waals surface area contributed by atoms with Crippen LogP contribution in [-0.2, 0) is 6.54 Å². The highest BCUT2D eigenvalue weighted by Crippen LogP contribution is 2.53. The number of rotatable bonds is 2. The van der Waals surface area contributed by atoms with Crippen LogP contribution in [0.25, 0.3) is 10.9 Å². The number of aromatic nitrogens is 2. The van der Waals surface area contributed by atoms with Gasteiger partial charge in [0.2, 0.25) is 0 Å². The van der Waals surface area contributed by atoms with Crippen molar-refractivity contribution in [3.8, 4) is 0 Å². The van der Waals surface area contributed by atoms with Gasteiger partial charge in [-0.3, -0.25) is 9.36 Å². The zero-order valence-corrected chi connectivity index (χ0v) is 10.4. The summed E-state index contributed by atoms with van der Waals surface area (Å²) < 4.78 is 0.921. The average Bonchev–Trinajstić information content (AvgIpc) is 2.91. The van der Waals surface area contributed by atoms with Crippen LogP contribution >= 0.6 is 23.2 Å². The molecule has 1 aliphatic rings. The van der Waals surface area contributed by atoms with Crippen molar-refractivity contribution in [2.45, 2.75) is 17.3 Å². The lowest BCUT2D eigenvalue weighted by atomic mass is 10.2. The van der Waals surface area contributed by atoms with E-state index in [1.165, 1.54) is 0 Å². The van der Waals surface area contributed by atoms with E-state index in [2.05, 4.69) is 4.98 Å². The standard InChI is InChI=1S/C12H10Cl2N2O/c13-12(14)5-8(12)6-16-7-15-10-4-2-1-3-9(10)11(16)17/h1-4,7-8H,5-6H2. The molecule has 1 heterocycles. The van der Waals surface area contributed by atoms with Gasteiger partial charge in [-0.2, -0.15) is 0 Å². The molecule has 0 aliphatic heterocycles. The Kier molecular flexibility index (Phi) is 2.42. The maximum absolute atomic E-state index is 12.1. The van der Waals surface area contributed by atoms with Gasteiger partial charge in [0.25, 0.3) is 5.56 Å². The summed E-state index contributed by atoms with van der Waals surface area (Å²) in [5, 5.41) is 0.630. The highest BCUT2D eigenvalue weighted by molar-refractivity contribution is 6.50. The van der Waals surface area contributed by atoms with E-state index in [1.807, 2.05) is 18.2 Å². The second-order valence-corrected chi connectivity index (χ2v) is 5.92. The summed E-state index contributed by atoms with van der Waals surface area (Å²) in [6, 6.07) is 7.30. The summed E-state index contributed by atoms with van der Waals surface area (Å²) in [5.41, 5.74) is 0.680. The van der Waals surface area contributed by atoms with Gasteiger partial charge in [-0.1, -0.05) is 12.1 Å². The second-order valence-electron chi connectivity index (χ2n) is 4.38. The molecule has 1 fully saturated rings. The van der Waals surface area contributed by atoms with Gasteiger partial charge in [0.15, 0.2) is 0 Å². The van der Waals surface area contributed by atoms with E-state index >= 15 is 0 Å². The van der Waals surface area contributed by atoms with Crippen LogP contribution in [0.3, 0.4) is 0 Å². The van der Waals surface area contributed by atoms with E-state index < -0.39 is 4.33 Å². The Morgan fingerprint density at radius 2 is 2.12 bits per heavy atom. The van der Waals surface area contributed by atoms with Crippen LogP contribution in [0, 0.1) is 5.92 Å². The first-order chi connectivity index (χ1) is 8.08. The van der Waals surface area contributed by atoms with Gasteiger partial charge in [0.05, 0.1) is 17.2 Å². The Balaban J connectivity index is 2.01. The Bertz CT molecular complexity index is 636. The van der Waals surface area contributed by atoms with Gasteiger partial charge in [0, 0.05) is 12.5 Å². The predicted octanol–water partition coefficient (Wildman–Crippen LogP) is 2.59. The minimum absolute atomic E-state index is 0.0355. The van der Waals surface area contributed by atoms with Gasteiger partial charge >= 0.3 is 0 Å². The maximum atomic E-state index is 12.1. The van der Waals surface area contributed by atoms with Crippen LogP contribution in [0.2, 0.25) is 0 Å². The summed E-state index contributed by atoms with van der Waals surface area (Å²) in [6.07, 6.45) is 2.29. The summed E-state index contributed by atoms with van der Waals surface area (Å²) >= 11 is 11.9. The number of halogens is 2. The summed E-state index contributed by atoms with van der Waals surface area (Å²) in [4.78, 5) is 16.4. The van der Waals surface area contributed by atoms with Crippen molar-refractivity contribution in [2.75, 3.05) is 0 Å². The Morgan fingerprint density at radius 1 is 1.41 bits per heavy atom. The molecule has 2 aromatic rings. The van der Waals surface area contributed by atoms with E-state index in [9.17, 15) is 4.79 Å². The molecule has 3 rings (SSSR count). The fraction of sp³-hybridized carbons (Fsp3) is 0.333. The monoisotopic (exact) mass is 268 g/mol.